The van der Waals surface area contributed by atoms with Gasteiger partial charge in [0.1, 0.15) is 17.5 Å². The Morgan fingerprint density at radius 3 is 2.36 bits per heavy atom. The minimum atomic E-state index is -1.20. The van der Waals surface area contributed by atoms with Crippen LogP contribution in [0.2, 0.25) is 0 Å². The van der Waals surface area contributed by atoms with Gasteiger partial charge in [0.15, 0.2) is 0 Å². The van der Waals surface area contributed by atoms with Crippen molar-refractivity contribution >= 4 is 17.7 Å². The van der Waals surface area contributed by atoms with Crippen LogP contribution in [-0.2, 0) is 6.54 Å². The van der Waals surface area contributed by atoms with E-state index in [9.17, 15) is 28.5 Å². The summed E-state index contributed by atoms with van der Waals surface area (Å²) in [7, 11) is 0. The number of halogens is 2. The molecule has 0 aliphatic rings. The van der Waals surface area contributed by atoms with Crippen molar-refractivity contribution in [3.63, 3.8) is 0 Å². The van der Waals surface area contributed by atoms with Crippen molar-refractivity contribution in [2.75, 3.05) is 13.1 Å². The summed E-state index contributed by atoms with van der Waals surface area (Å²) in [6.45, 7) is 6.20. The van der Waals surface area contributed by atoms with Crippen LogP contribution in [-0.4, -0.2) is 49.6 Å². The lowest BCUT2D eigenvalue weighted by molar-refractivity contribution is -0.384. The van der Waals surface area contributed by atoms with Crippen molar-refractivity contribution in [2.45, 2.75) is 39.8 Å². The van der Waals surface area contributed by atoms with Gasteiger partial charge in [-0.05, 0) is 47.7 Å². The number of non-ortho nitro benzene ring substituents is 1. The summed E-state index contributed by atoms with van der Waals surface area (Å²) in [5.41, 5.74) is 0.389. The third-order valence-electron chi connectivity index (χ3n) is 7.02. The number of nitro benzene ring substituents is 1. The second-order valence-corrected chi connectivity index (χ2v) is 11.4. The van der Waals surface area contributed by atoms with Crippen molar-refractivity contribution < 1.29 is 28.4 Å². The Kier molecular flexibility index (Phi) is 9.72. The Hall–Kier alpha value is -5.13. The summed E-state index contributed by atoms with van der Waals surface area (Å²) >= 11 is 0. The molecule has 0 aliphatic heterocycles. The number of amides is 2. The predicted molar refractivity (Wildman–Crippen MR) is 160 cm³/mol. The number of nitro groups is 1. The summed E-state index contributed by atoms with van der Waals surface area (Å²) in [5, 5.41) is 22.6. The Balaban J connectivity index is 1.87. The van der Waals surface area contributed by atoms with Gasteiger partial charge in [0, 0.05) is 49.1 Å². The third kappa shape index (κ3) is 7.63. The summed E-state index contributed by atoms with van der Waals surface area (Å²) in [5.74, 6) is -1.34. The van der Waals surface area contributed by atoms with Gasteiger partial charge in [0.2, 0.25) is 0 Å². The largest absolute Gasteiger partial charge is 0.465 e. The monoisotopic (exact) mass is 605 g/mol. The maximum Gasteiger partial charge on any atom is 0.404 e. The van der Waals surface area contributed by atoms with Crippen LogP contribution in [0, 0.1) is 27.2 Å². The van der Waals surface area contributed by atoms with Crippen LogP contribution in [0.25, 0.3) is 11.3 Å². The van der Waals surface area contributed by atoms with Crippen LogP contribution in [0.1, 0.15) is 55.0 Å². The summed E-state index contributed by atoms with van der Waals surface area (Å²) < 4.78 is 31.0. The first kappa shape index (κ1) is 31.8. The average molecular weight is 606 g/mol. The number of hydrogen-bond acceptors (Lipinski definition) is 5. The number of benzene rings is 3. The van der Waals surface area contributed by atoms with Gasteiger partial charge in [-0.25, -0.2) is 18.6 Å². The van der Waals surface area contributed by atoms with Crippen LogP contribution in [0.15, 0.2) is 79.0 Å². The number of carboxylic acid groups (broad SMARTS) is 1. The van der Waals surface area contributed by atoms with Crippen molar-refractivity contribution in [3.05, 3.63) is 118 Å². The highest BCUT2D eigenvalue weighted by Crippen LogP contribution is 2.40. The second kappa shape index (κ2) is 13.4. The quantitative estimate of drug-likeness (QED) is 0.112. The molecule has 2 amide bonds. The summed E-state index contributed by atoms with van der Waals surface area (Å²) in [4.78, 5) is 42.2. The first-order valence-corrected chi connectivity index (χ1v) is 13.9. The number of carbonyl (C=O) groups excluding carboxylic acids is 1. The molecule has 0 unspecified atom stereocenters. The minimum Gasteiger partial charge on any atom is -0.465 e. The molecule has 0 saturated heterocycles. The molecule has 0 saturated carbocycles. The number of aromatic nitrogens is 2. The van der Waals surface area contributed by atoms with E-state index in [1.165, 1.54) is 24.3 Å². The van der Waals surface area contributed by atoms with Gasteiger partial charge in [-0.2, -0.15) is 0 Å². The van der Waals surface area contributed by atoms with E-state index in [1.807, 2.05) is 51.1 Å². The lowest BCUT2D eigenvalue weighted by Gasteiger charge is -2.40. The number of hydrogen-bond donors (Lipinski definition) is 2. The molecule has 4 aromatic rings. The van der Waals surface area contributed by atoms with E-state index >= 15 is 0 Å². The predicted octanol–water partition coefficient (Wildman–Crippen LogP) is 6.67. The Labute approximate surface area is 253 Å². The SMILES string of the molecule is CC(C)(C)[C@H](c1nc(-c2cc(F)ccc2F)cn1Cc1ccccc1)N(CCCNC(=O)O)C(=O)c1ccc([N+](=O)[O-])cc1. The number of imidazole rings is 1. The molecule has 1 aromatic heterocycles. The normalized spacial score (nSPS) is 12.0. The van der Waals surface area contributed by atoms with Gasteiger partial charge in [-0.1, -0.05) is 51.1 Å². The fourth-order valence-electron chi connectivity index (χ4n) is 5.06. The van der Waals surface area contributed by atoms with Gasteiger partial charge in [0.25, 0.3) is 11.6 Å². The topological polar surface area (TPSA) is 131 Å². The van der Waals surface area contributed by atoms with Gasteiger partial charge in [-0.3, -0.25) is 14.9 Å². The maximum atomic E-state index is 14.9. The van der Waals surface area contributed by atoms with Crippen molar-refractivity contribution in [1.29, 1.82) is 0 Å². The minimum absolute atomic E-state index is 0.0374. The molecule has 44 heavy (non-hydrogen) atoms. The molecule has 1 atom stereocenters. The first-order valence-electron chi connectivity index (χ1n) is 13.9. The molecule has 0 spiro atoms. The first-order chi connectivity index (χ1) is 20.8. The molecule has 0 fully saturated rings. The summed E-state index contributed by atoms with van der Waals surface area (Å²) in [6.07, 6.45) is 0.674. The van der Waals surface area contributed by atoms with Crippen molar-refractivity contribution in [1.82, 2.24) is 19.8 Å². The van der Waals surface area contributed by atoms with E-state index < -0.39 is 40.0 Å². The third-order valence-corrected chi connectivity index (χ3v) is 7.02. The number of nitrogens with zero attached hydrogens (tertiary/aromatic N) is 4. The number of rotatable bonds is 11. The molecule has 4 rings (SSSR count). The molecule has 3 aromatic carbocycles. The molecule has 0 aliphatic carbocycles. The molecule has 12 heteroatoms. The zero-order valence-corrected chi connectivity index (χ0v) is 24.5. The highest BCUT2D eigenvalue weighted by molar-refractivity contribution is 5.94. The molecular weight excluding hydrogens is 572 g/mol. The van der Waals surface area contributed by atoms with Crippen LogP contribution in [0.3, 0.4) is 0 Å². The molecule has 10 nitrogen and oxygen atoms in total. The molecular formula is C32H33F2N5O5. The van der Waals surface area contributed by atoms with Crippen molar-refractivity contribution in [3.8, 4) is 11.3 Å². The fourth-order valence-corrected chi connectivity index (χ4v) is 5.06. The Morgan fingerprint density at radius 1 is 1.07 bits per heavy atom. The van der Waals surface area contributed by atoms with Gasteiger partial charge in [-0.15, -0.1) is 0 Å². The second-order valence-electron chi connectivity index (χ2n) is 11.4. The maximum absolute atomic E-state index is 14.9. The zero-order valence-electron chi connectivity index (χ0n) is 24.5. The van der Waals surface area contributed by atoms with Crippen LogP contribution >= 0.6 is 0 Å². The number of nitrogens with one attached hydrogen (secondary N) is 1. The smallest absolute Gasteiger partial charge is 0.404 e. The lowest BCUT2D eigenvalue weighted by atomic mass is 9.84. The van der Waals surface area contributed by atoms with Crippen LogP contribution < -0.4 is 5.32 Å². The highest BCUT2D eigenvalue weighted by atomic mass is 19.1. The molecule has 2 N–H and O–H groups in total. The fraction of sp³-hybridized carbons (Fsp3) is 0.281. The number of carbonyl (C=O) groups is 2. The van der Waals surface area contributed by atoms with Crippen molar-refractivity contribution in [2.24, 2.45) is 5.41 Å². The van der Waals surface area contributed by atoms with E-state index in [0.29, 0.717) is 12.4 Å². The standard InChI is InChI=1S/C32H33F2N5O5/c1-32(2,3)28(38(17-7-16-35-31(41)42)30(40)22-10-13-24(14-11-22)39(43)44)29-36-27(25-18-23(33)12-15-26(25)34)20-37(29)19-21-8-5-4-6-9-21/h4-6,8-15,18,20,28,35H,7,16-17,19H2,1-3H3,(H,41,42)/t28-/m0/s1. The molecule has 0 radical (unpaired) electrons. The molecule has 230 valence electrons. The van der Waals surface area contributed by atoms with E-state index in [2.05, 4.69) is 5.32 Å². The summed E-state index contributed by atoms with van der Waals surface area (Å²) in [6, 6.07) is 17.0. The van der Waals surface area contributed by atoms with Crippen LogP contribution in [0.4, 0.5) is 19.3 Å². The van der Waals surface area contributed by atoms with Gasteiger partial charge in [0.05, 0.1) is 16.7 Å². The Bertz CT molecular complexity index is 1640. The van der Waals surface area contributed by atoms with E-state index in [0.717, 1.165) is 23.8 Å². The highest BCUT2D eigenvalue weighted by Gasteiger charge is 2.39. The van der Waals surface area contributed by atoms with Gasteiger partial charge < -0.3 is 19.9 Å². The molecule has 1 heterocycles. The van der Waals surface area contributed by atoms with E-state index in [4.69, 9.17) is 10.1 Å². The van der Waals surface area contributed by atoms with Gasteiger partial charge >= 0.3 is 6.09 Å². The van der Waals surface area contributed by atoms with E-state index in [-0.39, 0.29) is 42.0 Å². The zero-order chi connectivity index (χ0) is 32.0. The average Bonchev–Trinajstić information content (AvgIpc) is 3.37. The van der Waals surface area contributed by atoms with E-state index in [1.54, 1.807) is 15.7 Å². The van der Waals surface area contributed by atoms with Crippen LogP contribution in [0.5, 0.6) is 0 Å². The molecule has 0 bridgehead atoms. The Morgan fingerprint density at radius 2 is 1.75 bits per heavy atom. The lowest BCUT2D eigenvalue weighted by Crippen LogP contribution is -2.44.